The van der Waals surface area contributed by atoms with E-state index in [0.29, 0.717) is 23.6 Å². The second kappa shape index (κ2) is 6.65. The lowest BCUT2D eigenvalue weighted by atomic mass is 10.0. The maximum atomic E-state index is 12.4. The molecule has 124 valence electrons. The van der Waals surface area contributed by atoms with Crippen LogP contribution in [0.4, 0.5) is 0 Å². The lowest BCUT2D eigenvalue weighted by Gasteiger charge is -2.13. The van der Waals surface area contributed by atoms with Crippen molar-refractivity contribution in [1.29, 1.82) is 0 Å². The van der Waals surface area contributed by atoms with Crippen molar-refractivity contribution < 1.29 is 9.59 Å². The summed E-state index contributed by atoms with van der Waals surface area (Å²) in [6.45, 7) is 2.62. The molecule has 0 radical (unpaired) electrons. The van der Waals surface area contributed by atoms with Crippen LogP contribution in [-0.4, -0.2) is 36.3 Å². The van der Waals surface area contributed by atoms with E-state index in [2.05, 4.69) is 5.32 Å². The first kappa shape index (κ1) is 16.5. The summed E-state index contributed by atoms with van der Waals surface area (Å²) >= 11 is 6.19. The SMILES string of the molecule is Cc1ccc(-c2cccc(C(=O)N[C@@H]3CCN(C)C3=O)c2)cc1Cl. The number of likely N-dealkylation sites (tertiary alicyclic amines) is 1. The van der Waals surface area contributed by atoms with Gasteiger partial charge in [-0.2, -0.15) is 0 Å². The van der Waals surface area contributed by atoms with E-state index in [0.717, 1.165) is 16.7 Å². The van der Waals surface area contributed by atoms with Gasteiger partial charge in [-0.25, -0.2) is 0 Å². The molecule has 2 amide bonds. The molecule has 0 unspecified atom stereocenters. The second-order valence-electron chi connectivity index (χ2n) is 6.12. The average molecular weight is 343 g/mol. The molecule has 1 fully saturated rings. The Labute approximate surface area is 146 Å². The predicted molar refractivity (Wildman–Crippen MR) is 95.1 cm³/mol. The number of rotatable bonds is 3. The van der Waals surface area contributed by atoms with Gasteiger partial charge in [0, 0.05) is 24.2 Å². The number of carbonyl (C=O) groups excluding carboxylic acids is 2. The monoisotopic (exact) mass is 342 g/mol. The Balaban J connectivity index is 1.81. The van der Waals surface area contributed by atoms with Gasteiger partial charge in [0.2, 0.25) is 5.91 Å². The Hall–Kier alpha value is -2.33. The Bertz CT molecular complexity index is 804. The van der Waals surface area contributed by atoms with Crippen molar-refractivity contribution in [2.75, 3.05) is 13.6 Å². The van der Waals surface area contributed by atoms with Crippen molar-refractivity contribution in [3.63, 3.8) is 0 Å². The van der Waals surface area contributed by atoms with Crippen LogP contribution >= 0.6 is 11.6 Å². The lowest BCUT2D eigenvalue weighted by Crippen LogP contribution is -2.40. The van der Waals surface area contributed by atoms with Crippen LogP contribution in [-0.2, 0) is 4.79 Å². The molecule has 1 aliphatic rings. The number of nitrogens with one attached hydrogen (secondary N) is 1. The number of carbonyl (C=O) groups is 2. The number of aryl methyl sites for hydroxylation is 1. The molecule has 2 aromatic carbocycles. The highest BCUT2D eigenvalue weighted by Crippen LogP contribution is 2.26. The maximum Gasteiger partial charge on any atom is 0.251 e. The highest BCUT2D eigenvalue weighted by Gasteiger charge is 2.30. The molecule has 0 saturated carbocycles. The summed E-state index contributed by atoms with van der Waals surface area (Å²) in [5.41, 5.74) is 3.42. The van der Waals surface area contributed by atoms with Gasteiger partial charge in [-0.3, -0.25) is 9.59 Å². The van der Waals surface area contributed by atoms with Crippen LogP contribution < -0.4 is 5.32 Å². The van der Waals surface area contributed by atoms with Gasteiger partial charge in [0.25, 0.3) is 5.91 Å². The summed E-state index contributed by atoms with van der Waals surface area (Å²) in [6, 6.07) is 12.7. The van der Waals surface area contributed by atoms with Crippen LogP contribution in [0.25, 0.3) is 11.1 Å². The molecule has 0 spiro atoms. The van der Waals surface area contributed by atoms with E-state index in [1.54, 1.807) is 18.0 Å². The molecule has 4 nitrogen and oxygen atoms in total. The molecule has 5 heteroatoms. The molecule has 1 heterocycles. The third kappa shape index (κ3) is 3.29. The van der Waals surface area contributed by atoms with E-state index < -0.39 is 6.04 Å². The Kier molecular flexibility index (Phi) is 4.58. The smallest absolute Gasteiger partial charge is 0.251 e. The number of nitrogens with zero attached hydrogens (tertiary/aromatic N) is 1. The summed E-state index contributed by atoms with van der Waals surface area (Å²) in [5, 5.41) is 3.51. The number of likely N-dealkylation sites (N-methyl/N-ethyl adjacent to an activating group) is 1. The highest BCUT2D eigenvalue weighted by molar-refractivity contribution is 6.31. The van der Waals surface area contributed by atoms with Crippen molar-refractivity contribution in [2.45, 2.75) is 19.4 Å². The summed E-state index contributed by atoms with van der Waals surface area (Å²) in [6.07, 6.45) is 0.647. The van der Waals surface area contributed by atoms with Crippen LogP contribution in [0.15, 0.2) is 42.5 Å². The third-order valence-corrected chi connectivity index (χ3v) is 4.77. The third-order valence-electron chi connectivity index (χ3n) is 4.36. The van der Waals surface area contributed by atoms with E-state index in [-0.39, 0.29) is 11.8 Å². The molecule has 3 rings (SSSR count). The van der Waals surface area contributed by atoms with Gasteiger partial charge < -0.3 is 10.2 Å². The van der Waals surface area contributed by atoms with Gasteiger partial charge in [-0.05, 0) is 48.2 Å². The van der Waals surface area contributed by atoms with E-state index in [4.69, 9.17) is 11.6 Å². The van der Waals surface area contributed by atoms with Crippen LogP contribution in [0, 0.1) is 6.92 Å². The summed E-state index contributed by atoms with van der Waals surface area (Å²) in [7, 11) is 1.75. The molecule has 0 aromatic heterocycles. The van der Waals surface area contributed by atoms with Crippen molar-refractivity contribution in [3.05, 3.63) is 58.6 Å². The minimum Gasteiger partial charge on any atom is -0.344 e. The first-order valence-corrected chi connectivity index (χ1v) is 8.26. The summed E-state index contributed by atoms with van der Waals surface area (Å²) < 4.78 is 0. The number of hydrogen-bond donors (Lipinski definition) is 1. The van der Waals surface area contributed by atoms with Gasteiger partial charge >= 0.3 is 0 Å². The molecule has 1 N–H and O–H groups in total. The fourth-order valence-corrected chi connectivity index (χ4v) is 2.99. The first-order chi connectivity index (χ1) is 11.5. The summed E-state index contributed by atoms with van der Waals surface area (Å²) in [4.78, 5) is 26.0. The molecule has 0 aliphatic carbocycles. The molecule has 1 saturated heterocycles. The van der Waals surface area contributed by atoms with Gasteiger partial charge in [-0.15, -0.1) is 0 Å². The van der Waals surface area contributed by atoms with Gasteiger partial charge in [-0.1, -0.05) is 35.9 Å². The molecular formula is C19H19ClN2O2. The minimum absolute atomic E-state index is 0.0372. The quantitative estimate of drug-likeness (QED) is 0.930. The normalized spacial score (nSPS) is 17.2. The molecule has 2 aromatic rings. The topological polar surface area (TPSA) is 49.4 Å². The van der Waals surface area contributed by atoms with Crippen LogP contribution in [0.1, 0.15) is 22.3 Å². The van der Waals surface area contributed by atoms with Crippen LogP contribution in [0.3, 0.4) is 0 Å². The maximum absolute atomic E-state index is 12.4. The fraction of sp³-hybridized carbons (Fsp3) is 0.263. The van der Waals surface area contributed by atoms with Gasteiger partial charge in [0.05, 0.1) is 0 Å². The zero-order valence-corrected chi connectivity index (χ0v) is 14.4. The van der Waals surface area contributed by atoms with E-state index in [1.807, 2.05) is 43.3 Å². The van der Waals surface area contributed by atoms with Crippen LogP contribution in [0.2, 0.25) is 5.02 Å². The van der Waals surface area contributed by atoms with E-state index >= 15 is 0 Å². The second-order valence-corrected chi connectivity index (χ2v) is 6.53. The van der Waals surface area contributed by atoms with Gasteiger partial charge in [0.1, 0.15) is 6.04 Å². The number of benzene rings is 2. The highest BCUT2D eigenvalue weighted by atomic mass is 35.5. The van der Waals surface area contributed by atoms with Crippen molar-refractivity contribution in [1.82, 2.24) is 10.2 Å². The molecule has 1 aliphatic heterocycles. The fourth-order valence-electron chi connectivity index (χ4n) is 2.81. The molecule has 1 atom stereocenters. The van der Waals surface area contributed by atoms with E-state index in [9.17, 15) is 9.59 Å². The number of hydrogen-bond acceptors (Lipinski definition) is 2. The van der Waals surface area contributed by atoms with Crippen molar-refractivity contribution in [3.8, 4) is 11.1 Å². The number of amides is 2. The average Bonchev–Trinajstić information content (AvgIpc) is 2.89. The standard InChI is InChI=1S/C19H19ClN2O2/c1-12-6-7-14(11-16(12)20)13-4-3-5-15(10-13)18(23)21-17-8-9-22(2)19(17)24/h3-7,10-11,17H,8-9H2,1-2H3,(H,21,23)/t17-/m1/s1. The molecule has 24 heavy (non-hydrogen) atoms. The first-order valence-electron chi connectivity index (χ1n) is 7.88. The Morgan fingerprint density at radius 2 is 1.96 bits per heavy atom. The van der Waals surface area contributed by atoms with Gasteiger partial charge in [0.15, 0.2) is 0 Å². The lowest BCUT2D eigenvalue weighted by molar-refractivity contribution is -0.128. The zero-order valence-electron chi connectivity index (χ0n) is 13.7. The minimum atomic E-state index is -0.431. The summed E-state index contributed by atoms with van der Waals surface area (Å²) in [5.74, 6) is -0.270. The molecule has 0 bridgehead atoms. The molecular weight excluding hydrogens is 324 g/mol. The van der Waals surface area contributed by atoms with Crippen LogP contribution in [0.5, 0.6) is 0 Å². The van der Waals surface area contributed by atoms with Crippen molar-refractivity contribution >= 4 is 23.4 Å². The Morgan fingerprint density at radius 3 is 2.62 bits per heavy atom. The largest absolute Gasteiger partial charge is 0.344 e. The van der Waals surface area contributed by atoms with E-state index in [1.165, 1.54) is 0 Å². The van der Waals surface area contributed by atoms with Crippen molar-refractivity contribution in [2.24, 2.45) is 0 Å². The Morgan fingerprint density at radius 1 is 1.21 bits per heavy atom. The predicted octanol–water partition coefficient (Wildman–Crippen LogP) is 3.28. The zero-order chi connectivity index (χ0) is 17.3. The number of halogens is 1.